The molecule has 1 N–H and O–H groups in total. The van der Waals surface area contributed by atoms with Gasteiger partial charge < -0.3 is 10.2 Å². The topological polar surface area (TPSA) is 15.3 Å². The molecule has 1 saturated heterocycles. The van der Waals surface area contributed by atoms with Gasteiger partial charge in [-0.3, -0.25) is 0 Å². The molecule has 0 radical (unpaired) electrons. The van der Waals surface area contributed by atoms with Crippen molar-refractivity contribution in [2.75, 3.05) is 31.1 Å². The zero-order valence-electron chi connectivity index (χ0n) is 13.7. The summed E-state index contributed by atoms with van der Waals surface area (Å²) in [6.45, 7) is 4.84. The molecule has 0 aromatic heterocycles. The summed E-state index contributed by atoms with van der Waals surface area (Å²) in [4.78, 5) is 2.66. The molecule has 0 unspecified atom stereocenters. The largest absolute Gasteiger partial charge is 0.371 e. The monoisotopic (exact) mass is 362 g/mol. The van der Waals surface area contributed by atoms with E-state index in [1.807, 2.05) is 0 Å². The maximum absolute atomic E-state index is 3.62. The van der Waals surface area contributed by atoms with E-state index in [-0.39, 0.29) is 24.8 Å². The maximum Gasteiger partial charge on any atom is 0.0435 e. The van der Waals surface area contributed by atoms with Gasteiger partial charge in [-0.1, -0.05) is 30.3 Å². The van der Waals surface area contributed by atoms with E-state index in [1.54, 1.807) is 16.8 Å². The Bertz CT molecular complexity index is 717. The van der Waals surface area contributed by atoms with Crippen molar-refractivity contribution in [1.29, 1.82) is 0 Å². The Kier molecular flexibility index (Phi) is 5.10. The van der Waals surface area contributed by atoms with Crippen LogP contribution in [0.2, 0.25) is 0 Å². The molecule has 4 heteroatoms. The highest BCUT2D eigenvalue weighted by atomic mass is 35.5. The lowest BCUT2D eigenvalue weighted by molar-refractivity contribution is 0.470. The van der Waals surface area contributed by atoms with Gasteiger partial charge in [0.1, 0.15) is 0 Å². The summed E-state index contributed by atoms with van der Waals surface area (Å²) in [5, 5.41) is 3.62. The number of halogens is 2. The van der Waals surface area contributed by atoms with E-state index in [4.69, 9.17) is 0 Å². The van der Waals surface area contributed by atoms with Crippen molar-refractivity contribution >= 4 is 30.5 Å². The minimum absolute atomic E-state index is 0. The molecule has 0 amide bonds. The van der Waals surface area contributed by atoms with Crippen LogP contribution >= 0.6 is 24.8 Å². The first-order chi connectivity index (χ1) is 10.9. The van der Waals surface area contributed by atoms with Crippen molar-refractivity contribution in [2.45, 2.75) is 18.8 Å². The Balaban J connectivity index is 0.000000845. The summed E-state index contributed by atoms with van der Waals surface area (Å²) >= 11 is 0. The zero-order valence-corrected chi connectivity index (χ0v) is 15.3. The van der Waals surface area contributed by atoms with E-state index in [1.165, 1.54) is 43.6 Å². The number of hydrogen-bond donors (Lipinski definition) is 1. The second-order valence-corrected chi connectivity index (χ2v) is 7.01. The van der Waals surface area contributed by atoms with E-state index in [2.05, 4.69) is 52.7 Å². The van der Waals surface area contributed by atoms with Gasteiger partial charge in [0.2, 0.25) is 0 Å². The fourth-order valence-electron chi connectivity index (χ4n) is 4.70. The Labute approximate surface area is 156 Å². The first kappa shape index (κ1) is 17.6. The minimum Gasteiger partial charge on any atom is -0.371 e. The van der Waals surface area contributed by atoms with Crippen LogP contribution in [0.5, 0.6) is 0 Å². The second-order valence-electron chi connectivity index (χ2n) is 7.01. The predicted molar refractivity (Wildman–Crippen MR) is 106 cm³/mol. The molecule has 2 aromatic rings. The quantitative estimate of drug-likeness (QED) is 0.814. The van der Waals surface area contributed by atoms with E-state index in [9.17, 15) is 0 Å². The summed E-state index contributed by atoms with van der Waals surface area (Å²) in [5.41, 5.74) is 7.52. The molecule has 0 spiro atoms. The molecule has 128 valence electrons. The molecule has 3 aliphatic rings. The van der Waals surface area contributed by atoms with Gasteiger partial charge in [0, 0.05) is 37.8 Å². The maximum atomic E-state index is 3.62. The summed E-state index contributed by atoms with van der Waals surface area (Å²) in [6.07, 6.45) is 2.54. The predicted octanol–water partition coefficient (Wildman–Crippen LogP) is 4.27. The first-order valence-corrected chi connectivity index (χ1v) is 8.58. The van der Waals surface area contributed by atoms with Crippen LogP contribution < -0.4 is 10.2 Å². The lowest BCUT2D eigenvalue weighted by Crippen LogP contribution is -2.40. The molecule has 1 fully saturated rings. The van der Waals surface area contributed by atoms with Crippen molar-refractivity contribution in [3.8, 4) is 11.1 Å². The van der Waals surface area contributed by atoms with Gasteiger partial charge in [-0.25, -0.2) is 0 Å². The van der Waals surface area contributed by atoms with Crippen molar-refractivity contribution in [3.63, 3.8) is 0 Å². The highest BCUT2D eigenvalue weighted by Crippen LogP contribution is 2.46. The fourth-order valence-corrected chi connectivity index (χ4v) is 4.70. The second kappa shape index (κ2) is 6.95. The van der Waals surface area contributed by atoms with Crippen molar-refractivity contribution in [1.82, 2.24) is 5.32 Å². The van der Waals surface area contributed by atoms with Gasteiger partial charge in [0.25, 0.3) is 0 Å². The highest BCUT2D eigenvalue weighted by Gasteiger charge is 2.38. The van der Waals surface area contributed by atoms with Crippen LogP contribution in [0.25, 0.3) is 11.1 Å². The van der Waals surface area contributed by atoms with Crippen LogP contribution in [0.4, 0.5) is 5.69 Å². The van der Waals surface area contributed by atoms with Gasteiger partial charge in [-0.15, -0.1) is 24.8 Å². The Morgan fingerprint density at radius 3 is 2.62 bits per heavy atom. The third-order valence-electron chi connectivity index (χ3n) is 5.71. The zero-order chi connectivity index (χ0) is 14.5. The average molecular weight is 363 g/mol. The van der Waals surface area contributed by atoms with Crippen LogP contribution in [-0.4, -0.2) is 26.2 Å². The third kappa shape index (κ3) is 2.71. The standard InChI is InChI=1S/C20H22N2.2ClH/c1-2-5-14(6-3-1)16-9-15-7-4-8-22-13-17-11-21-12-19(17)18(10-16)20(15)22;;/h1-3,5-6,9-10,17,19,21H,4,7-8,11-13H2;2*1H/t17-,19-;;/m1../s1. The summed E-state index contributed by atoms with van der Waals surface area (Å²) in [6, 6.07) is 15.8. The molecule has 3 heterocycles. The van der Waals surface area contributed by atoms with Crippen molar-refractivity contribution < 1.29 is 0 Å². The van der Waals surface area contributed by atoms with Crippen LogP contribution in [0.1, 0.15) is 23.5 Å². The average Bonchev–Trinajstić information content (AvgIpc) is 3.04. The molecule has 0 aliphatic carbocycles. The van der Waals surface area contributed by atoms with Crippen LogP contribution in [0, 0.1) is 5.92 Å². The lowest BCUT2D eigenvalue weighted by Gasteiger charge is -2.42. The summed E-state index contributed by atoms with van der Waals surface area (Å²) in [7, 11) is 0. The highest BCUT2D eigenvalue weighted by molar-refractivity contribution is 5.85. The van der Waals surface area contributed by atoms with E-state index < -0.39 is 0 Å². The molecule has 5 rings (SSSR count). The van der Waals surface area contributed by atoms with Gasteiger partial charge in [-0.05, 0) is 53.1 Å². The van der Waals surface area contributed by atoms with Gasteiger partial charge in [-0.2, -0.15) is 0 Å². The number of benzene rings is 2. The molecule has 0 bridgehead atoms. The summed E-state index contributed by atoms with van der Waals surface area (Å²) in [5.74, 6) is 1.51. The van der Waals surface area contributed by atoms with Gasteiger partial charge in [0.15, 0.2) is 0 Å². The third-order valence-corrected chi connectivity index (χ3v) is 5.71. The number of hydrogen-bond acceptors (Lipinski definition) is 2. The van der Waals surface area contributed by atoms with Crippen LogP contribution in [0.3, 0.4) is 0 Å². The van der Waals surface area contributed by atoms with Crippen LogP contribution in [0.15, 0.2) is 42.5 Å². The number of rotatable bonds is 1. The fraction of sp³-hybridized carbons (Fsp3) is 0.400. The van der Waals surface area contributed by atoms with Crippen molar-refractivity contribution in [2.24, 2.45) is 5.92 Å². The number of nitrogens with zero attached hydrogens (tertiary/aromatic N) is 1. The Morgan fingerprint density at radius 1 is 0.958 bits per heavy atom. The molecular formula is C20H24Cl2N2. The van der Waals surface area contributed by atoms with Crippen LogP contribution in [-0.2, 0) is 6.42 Å². The van der Waals surface area contributed by atoms with E-state index in [0.29, 0.717) is 5.92 Å². The van der Waals surface area contributed by atoms with Gasteiger partial charge in [0.05, 0.1) is 0 Å². The van der Waals surface area contributed by atoms with Gasteiger partial charge >= 0.3 is 0 Å². The van der Waals surface area contributed by atoms with E-state index in [0.717, 1.165) is 12.5 Å². The lowest BCUT2D eigenvalue weighted by atomic mass is 9.79. The normalized spacial score (nSPS) is 23.6. The molecule has 0 saturated carbocycles. The smallest absolute Gasteiger partial charge is 0.0435 e. The molecular weight excluding hydrogens is 339 g/mol. The van der Waals surface area contributed by atoms with Crippen molar-refractivity contribution in [3.05, 3.63) is 53.6 Å². The first-order valence-electron chi connectivity index (χ1n) is 8.58. The Hall–Kier alpha value is -1.22. The number of anilines is 1. The SMILES string of the molecule is Cl.Cl.c1ccc(-c2cc3c4c(c2)[C@@H]2CNC[C@@H]2CN4CCC3)cc1. The Morgan fingerprint density at radius 2 is 1.79 bits per heavy atom. The molecule has 24 heavy (non-hydrogen) atoms. The van der Waals surface area contributed by atoms with E-state index >= 15 is 0 Å². The molecule has 2 nitrogen and oxygen atoms in total. The number of fused-ring (bicyclic) bond motifs is 2. The number of aryl methyl sites for hydroxylation is 1. The molecule has 3 aliphatic heterocycles. The minimum atomic E-state index is 0. The molecule has 2 aromatic carbocycles. The molecule has 2 atom stereocenters. The number of nitrogens with one attached hydrogen (secondary N) is 1. The summed E-state index contributed by atoms with van der Waals surface area (Å²) < 4.78 is 0.